The SMILES string of the molecule is CC(C)(C)[Si](OC/C=C(\C#Cc1ccccc1)C#C[Si](C)(C)C)(c1ccccc1)c1ccccc1. The zero-order valence-electron chi connectivity index (χ0n) is 21.9. The smallest absolute Gasteiger partial charge is 0.261 e. The van der Waals surface area contributed by atoms with Crippen LogP contribution < -0.4 is 10.4 Å². The molecular weight excluding hydrogens is 457 g/mol. The fraction of sp³-hybridized carbons (Fsp3) is 0.250. The molecule has 0 amide bonds. The van der Waals surface area contributed by atoms with E-state index >= 15 is 0 Å². The standard InChI is InChI=1S/C32H36OSi2/c1-32(2,3)35(30-18-12-8-13-19-30,31-20-14-9-15-21-31)33-26-24-29(25-27-34(4,5)6)23-22-28-16-10-7-11-17-28/h7-21,24H,26H2,1-6H3/b29-24+. The highest BCUT2D eigenvalue weighted by molar-refractivity contribution is 6.99. The first-order valence-electron chi connectivity index (χ1n) is 12.2. The van der Waals surface area contributed by atoms with Gasteiger partial charge in [0.2, 0.25) is 0 Å². The summed E-state index contributed by atoms with van der Waals surface area (Å²) in [4.78, 5) is 0. The average molecular weight is 493 g/mol. The van der Waals surface area contributed by atoms with Crippen molar-refractivity contribution < 1.29 is 4.43 Å². The van der Waals surface area contributed by atoms with Crippen LogP contribution in [0.1, 0.15) is 26.3 Å². The van der Waals surface area contributed by atoms with Gasteiger partial charge in [-0.1, -0.05) is 137 Å². The molecule has 0 fully saturated rings. The van der Waals surface area contributed by atoms with Gasteiger partial charge in [0.05, 0.1) is 12.2 Å². The summed E-state index contributed by atoms with van der Waals surface area (Å²) in [6.45, 7) is 14.1. The van der Waals surface area contributed by atoms with Gasteiger partial charge in [-0.2, -0.15) is 0 Å². The van der Waals surface area contributed by atoms with Crippen LogP contribution in [0.25, 0.3) is 0 Å². The molecule has 178 valence electrons. The van der Waals surface area contributed by atoms with E-state index in [1.54, 1.807) is 0 Å². The van der Waals surface area contributed by atoms with Crippen LogP contribution in [0.3, 0.4) is 0 Å². The molecule has 0 unspecified atom stereocenters. The Morgan fingerprint density at radius 3 is 1.69 bits per heavy atom. The van der Waals surface area contributed by atoms with Crippen molar-refractivity contribution in [1.29, 1.82) is 0 Å². The van der Waals surface area contributed by atoms with Crippen molar-refractivity contribution in [3.63, 3.8) is 0 Å². The molecule has 0 heterocycles. The van der Waals surface area contributed by atoms with Crippen molar-refractivity contribution in [2.75, 3.05) is 6.61 Å². The zero-order valence-corrected chi connectivity index (χ0v) is 23.9. The topological polar surface area (TPSA) is 9.23 Å². The molecule has 0 aliphatic heterocycles. The molecule has 0 atom stereocenters. The van der Waals surface area contributed by atoms with Crippen LogP contribution in [-0.4, -0.2) is 23.0 Å². The van der Waals surface area contributed by atoms with Crippen molar-refractivity contribution in [1.82, 2.24) is 0 Å². The Morgan fingerprint density at radius 1 is 0.743 bits per heavy atom. The van der Waals surface area contributed by atoms with Crippen molar-refractivity contribution in [2.45, 2.75) is 45.5 Å². The predicted molar refractivity (Wildman–Crippen MR) is 156 cm³/mol. The first-order valence-corrected chi connectivity index (χ1v) is 17.6. The third-order valence-electron chi connectivity index (χ3n) is 5.69. The molecule has 1 nitrogen and oxygen atoms in total. The first-order chi connectivity index (χ1) is 16.6. The van der Waals surface area contributed by atoms with Gasteiger partial charge in [0, 0.05) is 5.56 Å². The van der Waals surface area contributed by atoms with Crippen molar-refractivity contribution in [3.05, 3.63) is 108 Å². The van der Waals surface area contributed by atoms with Crippen LogP contribution in [-0.2, 0) is 4.43 Å². The van der Waals surface area contributed by atoms with Crippen molar-refractivity contribution in [3.8, 4) is 23.3 Å². The van der Waals surface area contributed by atoms with E-state index in [9.17, 15) is 0 Å². The molecular formula is C32H36OSi2. The second kappa shape index (κ2) is 11.6. The molecule has 0 radical (unpaired) electrons. The molecule has 3 aromatic rings. The summed E-state index contributed by atoms with van der Waals surface area (Å²) in [6.07, 6.45) is 2.07. The van der Waals surface area contributed by atoms with Gasteiger partial charge in [-0.3, -0.25) is 0 Å². The number of hydrogen-bond donors (Lipinski definition) is 0. The third kappa shape index (κ3) is 7.20. The summed E-state index contributed by atoms with van der Waals surface area (Å²) in [6, 6.07) is 31.5. The van der Waals surface area contributed by atoms with Gasteiger partial charge in [0.15, 0.2) is 0 Å². The summed E-state index contributed by atoms with van der Waals surface area (Å²) >= 11 is 0. The minimum atomic E-state index is -2.59. The minimum Gasteiger partial charge on any atom is -0.404 e. The summed E-state index contributed by atoms with van der Waals surface area (Å²) in [7, 11) is -4.14. The highest BCUT2D eigenvalue weighted by Crippen LogP contribution is 2.36. The van der Waals surface area contributed by atoms with Crippen molar-refractivity contribution >= 4 is 26.8 Å². The van der Waals surface area contributed by atoms with Gasteiger partial charge < -0.3 is 4.43 Å². The lowest BCUT2D eigenvalue weighted by Crippen LogP contribution is -2.66. The van der Waals surface area contributed by atoms with Gasteiger partial charge in [0.25, 0.3) is 8.32 Å². The van der Waals surface area contributed by atoms with Crippen LogP contribution in [0.5, 0.6) is 0 Å². The molecule has 0 saturated heterocycles. The van der Waals surface area contributed by atoms with E-state index in [0.717, 1.165) is 11.1 Å². The van der Waals surface area contributed by atoms with Gasteiger partial charge in [-0.05, 0) is 33.6 Å². The van der Waals surface area contributed by atoms with Gasteiger partial charge in [-0.25, -0.2) is 0 Å². The molecule has 0 aliphatic rings. The van der Waals surface area contributed by atoms with E-state index in [2.05, 4.69) is 130 Å². The van der Waals surface area contributed by atoms with E-state index in [4.69, 9.17) is 4.43 Å². The highest BCUT2D eigenvalue weighted by atomic mass is 28.4. The van der Waals surface area contributed by atoms with Crippen molar-refractivity contribution in [2.24, 2.45) is 0 Å². The van der Waals surface area contributed by atoms with Crippen LogP contribution >= 0.6 is 0 Å². The van der Waals surface area contributed by atoms with E-state index in [-0.39, 0.29) is 5.04 Å². The molecule has 0 bridgehead atoms. The molecule has 0 spiro atoms. The van der Waals surface area contributed by atoms with Gasteiger partial charge in [0.1, 0.15) is 8.07 Å². The maximum Gasteiger partial charge on any atom is 0.261 e. The normalized spacial score (nSPS) is 12.2. The lowest BCUT2D eigenvalue weighted by atomic mass is 10.2. The second-order valence-electron chi connectivity index (χ2n) is 10.7. The quantitative estimate of drug-likeness (QED) is 0.295. The maximum absolute atomic E-state index is 7.02. The van der Waals surface area contributed by atoms with E-state index in [0.29, 0.717) is 6.61 Å². The Balaban J connectivity index is 2.04. The molecule has 3 aromatic carbocycles. The fourth-order valence-corrected chi connectivity index (χ4v) is 9.06. The van der Waals surface area contributed by atoms with Crippen LogP contribution in [0.4, 0.5) is 0 Å². The third-order valence-corrected chi connectivity index (χ3v) is 11.6. The summed E-state index contributed by atoms with van der Waals surface area (Å²) in [5.41, 5.74) is 5.29. The fourth-order valence-electron chi connectivity index (χ4n) is 4.06. The molecule has 0 N–H and O–H groups in total. The van der Waals surface area contributed by atoms with Crippen LogP contribution in [0, 0.1) is 23.3 Å². The zero-order chi connectivity index (χ0) is 25.4. The number of allylic oxidation sites excluding steroid dienone is 1. The summed E-state index contributed by atoms with van der Waals surface area (Å²) in [5.74, 6) is 9.95. The van der Waals surface area contributed by atoms with Crippen LogP contribution in [0.2, 0.25) is 24.7 Å². The Morgan fingerprint density at radius 2 is 1.23 bits per heavy atom. The number of rotatable bonds is 5. The Labute approximate surface area is 214 Å². The van der Waals surface area contributed by atoms with E-state index < -0.39 is 16.4 Å². The highest BCUT2D eigenvalue weighted by Gasteiger charge is 2.49. The summed E-state index contributed by atoms with van der Waals surface area (Å²) < 4.78 is 7.02. The van der Waals surface area contributed by atoms with Crippen LogP contribution in [0.15, 0.2) is 103 Å². The number of benzene rings is 3. The molecule has 3 rings (SSSR count). The number of hydrogen-bond acceptors (Lipinski definition) is 1. The molecule has 35 heavy (non-hydrogen) atoms. The Hall–Kier alpha value is -3.09. The molecule has 3 heteroatoms. The first kappa shape index (κ1) is 26.5. The predicted octanol–water partition coefficient (Wildman–Crippen LogP) is 6.42. The van der Waals surface area contributed by atoms with E-state index in [1.807, 2.05) is 30.3 Å². The second-order valence-corrected chi connectivity index (χ2v) is 19.8. The lowest BCUT2D eigenvalue weighted by Gasteiger charge is -2.42. The monoisotopic (exact) mass is 492 g/mol. The average Bonchev–Trinajstić information content (AvgIpc) is 2.83. The maximum atomic E-state index is 7.02. The minimum absolute atomic E-state index is 0.0660. The molecule has 0 saturated carbocycles. The molecule has 0 aromatic heterocycles. The largest absolute Gasteiger partial charge is 0.404 e. The Kier molecular flexibility index (Phi) is 8.76. The molecule has 0 aliphatic carbocycles. The summed E-state index contributed by atoms with van der Waals surface area (Å²) in [5, 5.41) is 2.48. The van der Waals surface area contributed by atoms with E-state index in [1.165, 1.54) is 10.4 Å². The lowest BCUT2D eigenvalue weighted by molar-refractivity contribution is 0.339. The van der Waals surface area contributed by atoms with Gasteiger partial charge >= 0.3 is 0 Å². The van der Waals surface area contributed by atoms with Gasteiger partial charge in [-0.15, -0.1) is 5.54 Å². The Bertz CT molecular complexity index is 1200.